The fraction of sp³-hybridized carbons (Fsp3) is 0.514. The van der Waals surface area contributed by atoms with E-state index in [0.717, 1.165) is 50.3 Å². The molecule has 268 valence electrons. The molecule has 0 aromatic heterocycles. The second kappa shape index (κ2) is 17.0. The third-order valence-electron chi connectivity index (χ3n) is 9.42. The van der Waals surface area contributed by atoms with Gasteiger partial charge >= 0.3 is 0 Å². The van der Waals surface area contributed by atoms with Gasteiger partial charge in [-0.1, -0.05) is 50.1 Å². The van der Waals surface area contributed by atoms with E-state index in [1.54, 1.807) is 48.2 Å². The van der Waals surface area contributed by atoms with E-state index in [9.17, 15) is 31.9 Å². The quantitative estimate of drug-likeness (QED) is 0.230. The number of allylic oxidation sites excluding steroid dienone is 2. The highest BCUT2D eigenvalue weighted by Gasteiger charge is 2.48. The summed E-state index contributed by atoms with van der Waals surface area (Å²) in [4.78, 5) is 29.2. The van der Waals surface area contributed by atoms with Gasteiger partial charge in [-0.05, 0) is 80.8 Å². The molecule has 2 aliphatic rings. The van der Waals surface area contributed by atoms with Crippen molar-refractivity contribution in [2.24, 2.45) is 17.1 Å². The van der Waals surface area contributed by atoms with Gasteiger partial charge in [-0.2, -0.15) is 4.31 Å². The van der Waals surface area contributed by atoms with Crippen LogP contribution >= 0.6 is 0 Å². The summed E-state index contributed by atoms with van der Waals surface area (Å²) in [5.74, 6) is -3.56. The molecule has 1 aliphatic heterocycles. The van der Waals surface area contributed by atoms with Crippen molar-refractivity contribution >= 4 is 21.8 Å². The number of primary amides is 1. The van der Waals surface area contributed by atoms with Crippen LogP contribution in [0.1, 0.15) is 70.4 Å². The molecular formula is C37H50F2N4O5S. The van der Waals surface area contributed by atoms with Crippen LogP contribution in [0.2, 0.25) is 0 Å². The van der Waals surface area contributed by atoms with Gasteiger partial charge < -0.3 is 21.1 Å². The summed E-state index contributed by atoms with van der Waals surface area (Å²) in [6, 6.07) is 9.69. The van der Waals surface area contributed by atoms with Gasteiger partial charge in [0, 0.05) is 56.8 Å². The van der Waals surface area contributed by atoms with E-state index in [4.69, 9.17) is 5.73 Å². The monoisotopic (exact) mass is 700 g/mol. The van der Waals surface area contributed by atoms with Gasteiger partial charge in [-0.25, -0.2) is 17.2 Å². The number of nitrogens with two attached hydrogens (primary N) is 1. The zero-order chi connectivity index (χ0) is 35.8. The van der Waals surface area contributed by atoms with E-state index in [2.05, 4.69) is 5.32 Å². The molecule has 2 amide bonds. The van der Waals surface area contributed by atoms with Crippen LogP contribution in [0, 0.1) is 23.0 Å². The minimum atomic E-state index is -3.64. The molecule has 2 aromatic carbocycles. The SMILES string of the molecule is CCCN(CCC)C(=O)C1=CC(C)=CC(C(N)=O)([C@H](Cc2cc(F)cc(F)c2)[C@@H](O)CNCc2cccc(S(=O)(=O)N3CCCCC3)c2)C1. The van der Waals surface area contributed by atoms with E-state index in [1.165, 1.54) is 4.31 Å². The molecular weight excluding hydrogens is 650 g/mol. The van der Waals surface area contributed by atoms with Crippen molar-refractivity contribution in [3.8, 4) is 0 Å². The number of amides is 2. The summed E-state index contributed by atoms with van der Waals surface area (Å²) in [5, 5.41) is 15.0. The van der Waals surface area contributed by atoms with Crippen LogP contribution in [0.5, 0.6) is 0 Å². The number of benzene rings is 2. The van der Waals surface area contributed by atoms with E-state index in [1.807, 2.05) is 13.8 Å². The van der Waals surface area contributed by atoms with Gasteiger partial charge in [0.2, 0.25) is 21.8 Å². The topological polar surface area (TPSA) is 133 Å². The first-order valence-corrected chi connectivity index (χ1v) is 18.7. The second-order valence-electron chi connectivity index (χ2n) is 13.3. The van der Waals surface area contributed by atoms with Crippen molar-refractivity contribution in [1.82, 2.24) is 14.5 Å². The molecule has 0 spiro atoms. The van der Waals surface area contributed by atoms with Crippen molar-refractivity contribution in [3.05, 3.63) is 88.5 Å². The Bertz CT molecular complexity index is 1630. The van der Waals surface area contributed by atoms with Crippen molar-refractivity contribution in [2.45, 2.75) is 83.3 Å². The molecule has 2 aromatic rings. The van der Waals surface area contributed by atoms with Crippen molar-refractivity contribution in [3.63, 3.8) is 0 Å². The van der Waals surface area contributed by atoms with Crippen LogP contribution in [0.4, 0.5) is 8.78 Å². The fourth-order valence-electron chi connectivity index (χ4n) is 7.14. The predicted molar refractivity (Wildman–Crippen MR) is 186 cm³/mol. The van der Waals surface area contributed by atoms with Gasteiger partial charge in [0.15, 0.2) is 0 Å². The molecule has 4 rings (SSSR count). The van der Waals surface area contributed by atoms with Crippen LogP contribution in [-0.2, 0) is 32.6 Å². The van der Waals surface area contributed by atoms with Crippen LogP contribution in [0.3, 0.4) is 0 Å². The van der Waals surface area contributed by atoms with Crippen LogP contribution in [0.25, 0.3) is 0 Å². The van der Waals surface area contributed by atoms with Gasteiger partial charge in [0.25, 0.3) is 0 Å². The first-order chi connectivity index (χ1) is 23.3. The summed E-state index contributed by atoms with van der Waals surface area (Å²) in [6.07, 6.45) is 6.09. The van der Waals surface area contributed by atoms with E-state index >= 15 is 0 Å². The summed E-state index contributed by atoms with van der Waals surface area (Å²) >= 11 is 0. The molecule has 4 N–H and O–H groups in total. The molecule has 0 radical (unpaired) electrons. The highest BCUT2D eigenvalue weighted by Crippen LogP contribution is 2.44. The minimum absolute atomic E-state index is 0.0573. The molecule has 1 fully saturated rings. The van der Waals surface area contributed by atoms with E-state index in [0.29, 0.717) is 42.9 Å². The van der Waals surface area contributed by atoms with Gasteiger partial charge in [0.05, 0.1) is 16.4 Å². The van der Waals surface area contributed by atoms with Crippen molar-refractivity contribution in [1.29, 1.82) is 0 Å². The Labute approximate surface area is 289 Å². The molecule has 9 nitrogen and oxygen atoms in total. The largest absolute Gasteiger partial charge is 0.391 e. The molecule has 1 aliphatic carbocycles. The van der Waals surface area contributed by atoms with Gasteiger partial charge in [-0.3, -0.25) is 9.59 Å². The lowest BCUT2D eigenvalue weighted by molar-refractivity contribution is -0.132. The van der Waals surface area contributed by atoms with E-state index < -0.39 is 45.0 Å². The number of nitrogens with one attached hydrogen (secondary N) is 1. The Morgan fingerprint density at radius 1 is 1.02 bits per heavy atom. The second-order valence-corrected chi connectivity index (χ2v) is 15.3. The molecule has 1 unspecified atom stereocenters. The molecule has 1 heterocycles. The first-order valence-electron chi connectivity index (χ1n) is 17.2. The summed E-state index contributed by atoms with van der Waals surface area (Å²) in [7, 11) is -3.64. The third-order valence-corrected chi connectivity index (χ3v) is 11.3. The smallest absolute Gasteiger partial charge is 0.249 e. The first kappa shape index (κ1) is 38.4. The average Bonchev–Trinajstić information content (AvgIpc) is 3.06. The minimum Gasteiger partial charge on any atom is -0.391 e. The number of hydrogen-bond donors (Lipinski definition) is 3. The lowest BCUT2D eigenvalue weighted by Gasteiger charge is -2.42. The van der Waals surface area contributed by atoms with Crippen molar-refractivity contribution in [2.75, 3.05) is 32.7 Å². The Balaban J connectivity index is 1.61. The zero-order valence-corrected chi connectivity index (χ0v) is 29.6. The number of piperidine rings is 1. The summed E-state index contributed by atoms with van der Waals surface area (Å²) in [5.41, 5.74) is 6.47. The maximum absolute atomic E-state index is 14.3. The molecule has 49 heavy (non-hydrogen) atoms. The van der Waals surface area contributed by atoms with Crippen LogP contribution < -0.4 is 11.1 Å². The number of halogens is 2. The summed E-state index contributed by atoms with van der Waals surface area (Å²) in [6.45, 7) is 7.90. The standard InChI is InChI=1S/C37H50F2N4O5S/c1-4-12-42(13-5-2)35(45)29-16-26(3)22-37(23-29,36(40)46)33(20-28-17-30(38)21-31(39)18-28)34(44)25-41-24-27-10-9-11-32(19-27)49(47,48)43-14-7-6-8-15-43/h9-11,16-19,21-22,33-34,41,44H,4-8,12-15,20,23-25H2,1-3H3,(H2,40,46)/t33-,34+,37?/m1/s1. The Morgan fingerprint density at radius 3 is 2.29 bits per heavy atom. The molecule has 12 heteroatoms. The zero-order valence-electron chi connectivity index (χ0n) is 28.8. The van der Waals surface area contributed by atoms with Crippen molar-refractivity contribution < 1.29 is 31.9 Å². The number of hydrogen-bond acceptors (Lipinski definition) is 6. The Kier molecular flexibility index (Phi) is 13.3. The summed E-state index contributed by atoms with van der Waals surface area (Å²) < 4.78 is 56.7. The number of nitrogens with zero attached hydrogens (tertiary/aromatic N) is 2. The third kappa shape index (κ3) is 9.42. The maximum Gasteiger partial charge on any atom is 0.249 e. The van der Waals surface area contributed by atoms with Gasteiger partial charge in [-0.15, -0.1) is 0 Å². The number of sulfonamides is 1. The fourth-order valence-corrected chi connectivity index (χ4v) is 8.72. The van der Waals surface area contributed by atoms with Crippen LogP contribution in [-0.4, -0.2) is 73.4 Å². The number of aliphatic hydroxyl groups excluding tert-OH is 1. The Hall–Kier alpha value is -3.45. The average molecular weight is 701 g/mol. The molecule has 0 bridgehead atoms. The molecule has 3 atom stereocenters. The number of rotatable bonds is 16. The van der Waals surface area contributed by atoms with Crippen LogP contribution in [0.15, 0.2) is 70.7 Å². The number of carbonyl (C=O) groups excluding carboxylic acids is 2. The highest BCUT2D eigenvalue weighted by molar-refractivity contribution is 7.89. The Morgan fingerprint density at radius 2 is 1.67 bits per heavy atom. The van der Waals surface area contributed by atoms with Gasteiger partial charge in [0.1, 0.15) is 11.6 Å². The molecule has 1 saturated heterocycles. The highest BCUT2D eigenvalue weighted by atomic mass is 32.2. The predicted octanol–water partition coefficient (Wildman–Crippen LogP) is 4.85. The normalized spacial score (nSPS) is 19.9. The molecule has 0 saturated carbocycles. The lowest BCUT2D eigenvalue weighted by Crippen LogP contribution is -2.51. The van der Waals surface area contributed by atoms with E-state index in [-0.39, 0.29) is 42.3 Å². The lowest BCUT2D eigenvalue weighted by atomic mass is 9.63. The maximum atomic E-state index is 14.3. The number of aliphatic hydroxyl groups is 1. The number of carbonyl (C=O) groups is 2.